The fourth-order valence-electron chi connectivity index (χ4n) is 4.34. The lowest BCUT2D eigenvalue weighted by Gasteiger charge is -2.20. The van der Waals surface area contributed by atoms with Crippen LogP contribution in [0.4, 0.5) is 4.79 Å². The van der Waals surface area contributed by atoms with E-state index < -0.39 is 36.2 Å². The molecule has 4 N–H and O–H groups in total. The predicted octanol–water partition coefficient (Wildman–Crippen LogP) is 1.63. The third kappa shape index (κ3) is 4.99. The zero-order valence-electron chi connectivity index (χ0n) is 17.9. The van der Waals surface area contributed by atoms with Crippen molar-refractivity contribution in [3.63, 3.8) is 0 Å². The van der Waals surface area contributed by atoms with Gasteiger partial charge in [0.15, 0.2) is 12.2 Å². The summed E-state index contributed by atoms with van der Waals surface area (Å²) < 4.78 is 11.0. The van der Waals surface area contributed by atoms with E-state index >= 15 is 0 Å². The summed E-state index contributed by atoms with van der Waals surface area (Å²) in [4.78, 5) is 35.5. The molecular weight excluding hydrogens is 428 g/mol. The van der Waals surface area contributed by atoms with Crippen LogP contribution >= 0.6 is 0 Å². The minimum absolute atomic E-state index is 0.0240. The van der Waals surface area contributed by atoms with E-state index in [1.54, 1.807) is 0 Å². The molecule has 2 aromatic rings. The molecule has 2 aromatic carbocycles. The Hall–Kier alpha value is -3.43. The molecule has 174 valence electrons. The van der Waals surface area contributed by atoms with Crippen LogP contribution in [-0.4, -0.2) is 66.2 Å². The second-order valence-corrected chi connectivity index (χ2v) is 8.09. The monoisotopic (exact) mass is 454 g/mol. The first kappa shape index (κ1) is 22.8. The average molecular weight is 454 g/mol. The van der Waals surface area contributed by atoms with Crippen LogP contribution in [0, 0.1) is 0 Å². The number of aliphatic hydroxyl groups excluding tert-OH is 1. The molecule has 9 heteroatoms. The molecule has 1 saturated heterocycles. The number of hydrogen-bond donors (Lipinski definition) is 4. The summed E-state index contributed by atoms with van der Waals surface area (Å²) in [6, 6.07) is 15.5. The van der Waals surface area contributed by atoms with Crippen molar-refractivity contribution in [3.05, 3.63) is 59.7 Å². The molecular formula is C24H26N2O7. The number of nitrogens with one attached hydrogen (secondary N) is 2. The Morgan fingerprint density at radius 3 is 2.33 bits per heavy atom. The molecule has 2 amide bonds. The Labute approximate surface area is 190 Å². The third-order valence-electron chi connectivity index (χ3n) is 6.00. The number of ether oxygens (including phenoxy) is 2. The molecule has 1 heterocycles. The van der Waals surface area contributed by atoms with Gasteiger partial charge in [-0.25, -0.2) is 9.59 Å². The number of carbonyl (C=O) groups is 3. The van der Waals surface area contributed by atoms with Gasteiger partial charge in [-0.2, -0.15) is 0 Å². The minimum atomic E-state index is -1.55. The van der Waals surface area contributed by atoms with Crippen molar-refractivity contribution in [2.45, 2.75) is 37.0 Å². The summed E-state index contributed by atoms with van der Waals surface area (Å²) >= 11 is 0. The lowest BCUT2D eigenvalue weighted by Crippen LogP contribution is -2.49. The van der Waals surface area contributed by atoms with Crippen LogP contribution in [0.2, 0.25) is 0 Å². The van der Waals surface area contributed by atoms with E-state index in [1.807, 2.05) is 36.4 Å². The Morgan fingerprint density at radius 1 is 1.06 bits per heavy atom. The fraction of sp³-hybridized carbons (Fsp3) is 0.375. The standard InChI is InChI=1S/C24H26N2O7/c27-20(23(29)30)9-11-25-22(28)21-19(10-12-32-21)26-24(31)33-13-18-16-7-3-1-5-14(16)15-6-2-4-8-17(15)18/h1-8,18-21,27H,9-13H2,(H,25,28)(H,26,31)(H,29,30)/t19-,20+,21+/m1/s1. The zero-order valence-corrected chi connectivity index (χ0v) is 17.9. The molecule has 4 rings (SSSR count). The molecule has 0 bridgehead atoms. The molecule has 2 aliphatic rings. The number of carbonyl (C=O) groups excluding carboxylic acids is 2. The lowest BCUT2D eigenvalue weighted by atomic mass is 9.98. The molecule has 0 spiro atoms. The molecule has 33 heavy (non-hydrogen) atoms. The van der Waals surface area contributed by atoms with Crippen LogP contribution in [-0.2, 0) is 19.1 Å². The summed E-state index contributed by atoms with van der Waals surface area (Å²) in [5.41, 5.74) is 4.49. The van der Waals surface area contributed by atoms with Crippen LogP contribution in [0.25, 0.3) is 11.1 Å². The summed E-state index contributed by atoms with van der Waals surface area (Å²) in [6.45, 7) is 0.436. The number of rotatable bonds is 8. The third-order valence-corrected chi connectivity index (χ3v) is 6.00. The largest absolute Gasteiger partial charge is 0.479 e. The van der Waals surface area contributed by atoms with Crippen molar-refractivity contribution >= 4 is 18.0 Å². The first-order valence-corrected chi connectivity index (χ1v) is 10.9. The highest BCUT2D eigenvalue weighted by Crippen LogP contribution is 2.44. The smallest absolute Gasteiger partial charge is 0.407 e. The van der Waals surface area contributed by atoms with Gasteiger partial charge in [0, 0.05) is 25.5 Å². The van der Waals surface area contributed by atoms with Gasteiger partial charge in [0.05, 0.1) is 6.04 Å². The van der Waals surface area contributed by atoms with E-state index in [2.05, 4.69) is 22.8 Å². The van der Waals surface area contributed by atoms with Crippen LogP contribution in [0.5, 0.6) is 0 Å². The predicted molar refractivity (Wildman–Crippen MR) is 118 cm³/mol. The van der Waals surface area contributed by atoms with Gasteiger partial charge >= 0.3 is 12.1 Å². The second-order valence-electron chi connectivity index (χ2n) is 8.09. The maximum atomic E-state index is 12.5. The minimum Gasteiger partial charge on any atom is -0.479 e. The Bertz CT molecular complexity index is 995. The van der Waals surface area contributed by atoms with E-state index in [0.29, 0.717) is 13.0 Å². The van der Waals surface area contributed by atoms with Gasteiger partial charge in [0.2, 0.25) is 0 Å². The van der Waals surface area contributed by atoms with Crippen LogP contribution in [0.3, 0.4) is 0 Å². The number of carboxylic acids is 1. The van der Waals surface area contributed by atoms with Gasteiger partial charge in [-0.05, 0) is 28.7 Å². The summed E-state index contributed by atoms with van der Waals surface area (Å²) in [5, 5.41) is 23.2. The molecule has 9 nitrogen and oxygen atoms in total. The number of hydrogen-bond acceptors (Lipinski definition) is 6. The Morgan fingerprint density at radius 2 is 1.70 bits per heavy atom. The number of fused-ring (bicyclic) bond motifs is 3. The molecule has 0 saturated carbocycles. The number of benzene rings is 2. The van der Waals surface area contributed by atoms with Gasteiger partial charge in [-0.15, -0.1) is 0 Å². The summed E-state index contributed by atoms with van der Waals surface area (Å²) in [6.07, 6.45) is -2.78. The molecule has 1 aliphatic heterocycles. The van der Waals surface area contributed by atoms with Gasteiger partial charge < -0.3 is 30.3 Å². The first-order chi connectivity index (χ1) is 16.0. The van der Waals surface area contributed by atoms with E-state index in [4.69, 9.17) is 14.6 Å². The number of aliphatic carboxylic acids is 1. The molecule has 0 radical (unpaired) electrons. The number of carboxylic acid groups (broad SMARTS) is 1. The molecule has 1 aliphatic carbocycles. The van der Waals surface area contributed by atoms with Gasteiger partial charge in [0.25, 0.3) is 5.91 Å². The highest BCUT2D eigenvalue weighted by molar-refractivity contribution is 5.83. The number of amides is 2. The second kappa shape index (κ2) is 10.0. The topological polar surface area (TPSA) is 134 Å². The van der Waals surface area contributed by atoms with E-state index in [1.165, 1.54) is 0 Å². The van der Waals surface area contributed by atoms with E-state index in [0.717, 1.165) is 22.3 Å². The SMILES string of the molecule is O=C(N[C@@H]1CCO[C@@H]1C(=O)NCC[C@H](O)C(=O)O)OCC1c2ccccc2-c2ccccc21. The number of aliphatic hydroxyl groups is 1. The van der Waals surface area contributed by atoms with Crippen molar-refractivity contribution in [2.75, 3.05) is 19.8 Å². The summed E-state index contributed by atoms with van der Waals surface area (Å²) in [7, 11) is 0. The van der Waals surface area contributed by atoms with Gasteiger partial charge in [-0.1, -0.05) is 48.5 Å². The number of alkyl carbamates (subject to hydrolysis) is 1. The van der Waals surface area contributed by atoms with Crippen LogP contribution < -0.4 is 10.6 Å². The van der Waals surface area contributed by atoms with Crippen LogP contribution in [0.15, 0.2) is 48.5 Å². The van der Waals surface area contributed by atoms with Crippen molar-refractivity contribution in [3.8, 4) is 11.1 Å². The van der Waals surface area contributed by atoms with Crippen molar-refractivity contribution in [2.24, 2.45) is 0 Å². The van der Waals surface area contributed by atoms with Crippen molar-refractivity contribution < 1.29 is 34.1 Å². The Kier molecular flexibility index (Phi) is 6.90. The van der Waals surface area contributed by atoms with Crippen molar-refractivity contribution in [1.29, 1.82) is 0 Å². The molecule has 0 aromatic heterocycles. The maximum absolute atomic E-state index is 12.5. The van der Waals surface area contributed by atoms with E-state index in [-0.39, 0.29) is 25.5 Å². The average Bonchev–Trinajstić information content (AvgIpc) is 3.40. The zero-order chi connectivity index (χ0) is 23.4. The van der Waals surface area contributed by atoms with E-state index in [9.17, 15) is 19.5 Å². The highest BCUT2D eigenvalue weighted by Gasteiger charge is 2.36. The normalized spacial score (nSPS) is 19.9. The van der Waals surface area contributed by atoms with Gasteiger partial charge in [-0.3, -0.25) is 4.79 Å². The van der Waals surface area contributed by atoms with Crippen LogP contribution in [0.1, 0.15) is 29.9 Å². The molecule has 3 atom stereocenters. The fourth-order valence-corrected chi connectivity index (χ4v) is 4.34. The molecule has 1 fully saturated rings. The first-order valence-electron chi connectivity index (χ1n) is 10.9. The van der Waals surface area contributed by atoms with Gasteiger partial charge in [0.1, 0.15) is 6.61 Å². The molecule has 0 unspecified atom stereocenters. The quantitative estimate of drug-likeness (QED) is 0.476. The lowest BCUT2D eigenvalue weighted by molar-refractivity contribution is -0.147. The maximum Gasteiger partial charge on any atom is 0.407 e. The Balaban J connectivity index is 1.31. The van der Waals surface area contributed by atoms with Crippen molar-refractivity contribution in [1.82, 2.24) is 10.6 Å². The highest BCUT2D eigenvalue weighted by atomic mass is 16.6. The summed E-state index contributed by atoms with van der Waals surface area (Å²) in [5.74, 6) is -1.90.